The van der Waals surface area contributed by atoms with Crippen LogP contribution >= 0.6 is 0 Å². The molecule has 0 atom stereocenters. The Hall–Kier alpha value is -0.980. The summed E-state index contributed by atoms with van der Waals surface area (Å²) in [7, 11) is 2.05. The third-order valence-electron chi connectivity index (χ3n) is 1.51. The highest BCUT2D eigenvalue weighted by molar-refractivity contribution is 5.44. The number of allylic oxidation sites excluding steroid dienone is 1. The van der Waals surface area contributed by atoms with Crippen molar-refractivity contribution >= 4 is 6.08 Å². The topological polar surface area (TPSA) is 4.93 Å². The van der Waals surface area contributed by atoms with Crippen LogP contribution in [-0.4, -0.2) is 4.57 Å². The normalized spacial score (nSPS) is 11.0. The van der Waals surface area contributed by atoms with Gasteiger partial charge in [0, 0.05) is 18.9 Å². The van der Waals surface area contributed by atoms with Crippen molar-refractivity contribution in [1.82, 2.24) is 4.57 Å². The number of aryl methyl sites for hydroxylation is 1. The molecule has 0 amide bonds. The maximum absolute atomic E-state index is 2.16. The highest BCUT2D eigenvalue weighted by Crippen LogP contribution is 2.01. The van der Waals surface area contributed by atoms with Crippen LogP contribution in [0.4, 0.5) is 0 Å². The zero-order chi connectivity index (χ0) is 7.40. The molecule has 0 aliphatic heterocycles. The van der Waals surface area contributed by atoms with Crippen molar-refractivity contribution in [1.29, 1.82) is 0 Å². The molecule has 0 radical (unpaired) electrons. The zero-order valence-corrected chi connectivity index (χ0v) is 6.54. The fourth-order valence-electron chi connectivity index (χ4n) is 0.886. The van der Waals surface area contributed by atoms with E-state index in [4.69, 9.17) is 0 Å². The van der Waals surface area contributed by atoms with Crippen LogP contribution in [0.3, 0.4) is 0 Å². The van der Waals surface area contributed by atoms with Crippen molar-refractivity contribution in [3.05, 3.63) is 30.1 Å². The molecule has 0 bridgehead atoms. The van der Waals surface area contributed by atoms with Gasteiger partial charge in [-0.2, -0.15) is 0 Å². The van der Waals surface area contributed by atoms with Crippen LogP contribution in [0.2, 0.25) is 0 Å². The van der Waals surface area contributed by atoms with Gasteiger partial charge in [-0.3, -0.25) is 0 Å². The average molecular weight is 135 g/mol. The van der Waals surface area contributed by atoms with Crippen LogP contribution in [0.5, 0.6) is 0 Å². The summed E-state index contributed by atoms with van der Waals surface area (Å²) in [6, 6.07) is 4.15. The van der Waals surface area contributed by atoms with Gasteiger partial charge in [0.25, 0.3) is 0 Å². The lowest BCUT2D eigenvalue weighted by Gasteiger charge is -1.93. The van der Waals surface area contributed by atoms with E-state index in [0.717, 1.165) is 6.42 Å². The maximum Gasteiger partial charge on any atom is 0.0400 e. The summed E-state index contributed by atoms with van der Waals surface area (Å²) in [4.78, 5) is 0. The van der Waals surface area contributed by atoms with E-state index in [-0.39, 0.29) is 0 Å². The van der Waals surface area contributed by atoms with E-state index in [2.05, 4.69) is 49.0 Å². The quantitative estimate of drug-likeness (QED) is 0.587. The highest BCUT2D eigenvalue weighted by atomic mass is 14.9. The predicted molar refractivity (Wildman–Crippen MR) is 44.7 cm³/mol. The van der Waals surface area contributed by atoms with Crippen molar-refractivity contribution in [3.8, 4) is 0 Å². The molecule has 1 nitrogen and oxygen atoms in total. The SMILES string of the molecule is CCC=Cc1cccn1C. The molecule has 0 saturated carbocycles. The Balaban J connectivity index is 2.74. The Morgan fingerprint density at radius 3 is 2.90 bits per heavy atom. The van der Waals surface area contributed by atoms with Crippen molar-refractivity contribution < 1.29 is 0 Å². The number of aromatic nitrogens is 1. The van der Waals surface area contributed by atoms with Gasteiger partial charge in [-0.15, -0.1) is 0 Å². The molecule has 10 heavy (non-hydrogen) atoms. The second-order valence-electron chi connectivity index (χ2n) is 2.35. The Labute approximate surface area is 62.0 Å². The van der Waals surface area contributed by atoms with Gasteiger partial charge < -0.3 is 4.57 Å². The van der Waals surface area contributed by atoms with Crippen LogP contribution in [0.1, 0.15) is 19.0 Å². The molecule has 0 aromatic carbocycles. The fourth-order valence-corrected chi connectivity index (χ4v) is 0.886. The minimum Gasteiger partial charge on any atom is -0.351 e. The summed E-state index contributed by atoms with van der Waals surface area (Å²) in [5.74, 6) is 0. The van der Waals surface area contributed by atoms with Crippen molar-refractivity contribution in [2.45, 2.75) is 13.3 Å². The van der Waals surface area contributed by atoms with Gasteiger partial charge in [-0.1, -0.05) is 13.0 Å². The molecule has 1 aromatic heterocycles. The summed E-state index contributed by atoms with van der Waals surface area (Å²) in [6.45, 7) is 2.14. The van der Waals surface area contributed by atoms with Gasteiger partial charge in [0.1, 0.15) is 0 Å². The van der Waals surface area contributed by atoms with Crippen LogP contribution in [0.25, 0.3) is 6.08 Å². The third-order valence-corrected chi connectivity index (χ3v) is 1.51. The van der Waals surface area contributed by atoms with Gasteiger partial charge in [0.15, 0.2) is 0 Å². The largest absolute Gasteiger partial charge is 0.351 e. The summed E-state index contributed by atoms with van der Waals surface area (Å²) >= 11 is 0. The second kappa shape index (κ2) is 3.25. The molecule has 1 heterocycles. The number of hydrogen-bond acceptors (Lipinski definition) is 0. The molecule has 1 aromatic rings. The highest BCUT2D eigenvalue weighted by Gasteiger charge is 1.87. The summed E-state index contributed by atoms with van der Waals surface area (Å²) < 4.78 is 2.10. The van der Waals surface area contributed by atoms with Crippen LogP contribution in [0.15, 0.2) is 24.4 Å². The molecule has 1 rings (SSSR count). The Morgan fingerprint density at radius 2 is 2.40 bits per heavy atom. The predicted octanol–water partition coefficient (Wildman–Crippen LogP) is 2.45. The molecule has 0 N–H and O–H groups in total. The van der Waals surface area contributed by atoms with Crippen molar-refractivity contribution in [2.24, 2.45) is 7.05 Å². The minimum absolute atomic E-state index is 1.10. The molecule has 1 heteroatoms. The van der Waals surface area contributed by atoms with E-state index >= 15 is 0 Å². The molecule has 0 spiro atoms. The first-order chi connectivity index (χ1) is 4.84. The molecule has 0 aliphatic rings. The van der Waals surface area contributed by atoms with Crippen molar-refractivity contribution in [3.63, 3.8) is 0 Å². The summed E-state index contributed by atoms with van der Waals surface area (Å²) in [6.07, 6.45) is 7.45. The lowest BCUT2D eigenvalue weighted by Crippen LogP contribution is -1.86. The van der Waals surface area contributed by atoms with Crippen LogP contribution in [-0.2, 0) is 7.05 Å². The lowest BCUT2D eigenvalue weighted by molar-refractivity contribution is 0.914. The standard InChI is InChI=1S/C9H13N/c1-3-4-6-9-7-5-8-10(9)2/h4-8H,3H2,1-2H3. The Kier molecular flexibility index (Phi) is 2.32. The van der Waals surface area contributed by atoms with Crippen LogP contribution in [0, 0.1) is 0 Å². The van der Waals surface area contributed by atoms with E-state index in [1.807, 2.05) is 0 Å². The fraction of sp³-hybridized carbons (Fsp3) is 0.333. The Bertz CT molecular complexity index is 220. The van der Waals surface area contributed by atoms with Gasteiger partial charge in [-0.25, -0.2) is 0 Å². The first-order valence-electron chi connectivity index (χ1n) is 3.62. The smallest absolute Gasteiger partial charge is 0.0400 e. The number of rotatable bonds is 2. The van der Waals surface area contributed by atoms with Gasteiger partial charge in [0.2, 0.25) is 0 Å². The van der Waals surface area contributed by atoms with Crippen molar-refractivity contribution in [2.75, 3.05) is 0 Å². The van der Waals surface area contributed by atoms with Gasteiger partial charge in [-0.05, 0) is 24.6 Å². The molecule has 54 valence electrons. The zero-order valence-electron chi connectivity index (χ0n) is 6.54. The molecule has 0 unspecified atom stereocenters. The molecule has 0 fully saturated rings. The number of nitrogens with zero attached hydrogens (tertiary/aromatic N) is 1. The van der Waals surface area contributed by atoms with Gasteiger partial charge >= 0.3 is 0 Å². The second-order valence-corrected chi connectivity index (χ2v) is 2.35. The first-order valence-corrected chi connectivity index (χ1v) is 3.62. The number of hydrogen-bond donors (Lipinski definition) is 0. The molecule has 0 aliphatic carbocycles. The van der Waals surface area contributed by atoms with Gasteiger partial charge in [0.05, 0.1) is 0 Å². The van der Waals surface area contributed by atoms with Crippen LogP contribution < -0.4 is 0 Å². The third kappa shape index (κ3) is 1.50. The monoisotopic (exact) mass is 135 g/mol. The molecular weight excluding hydrogens is 122 g/mol. The Morgan fingerprint density at radius 1 is 1.60 bits per heavy atom. The first kappa shape index (κ1) is 7.13. The lowest BCUT2D eigenvalue weighted by atomic mass is 10.3. The van der Waals surface area contributed by atoms with E-state index < -0.39 is 0 Å². The van der Waals surface area contributed by atoms with E-state index in [9.17, 15) is 0 Å². The van der Waals surface area contributed by atoms with E-state index in [1.165, 1.54) is 5.69 Å². The molecular formula is C9H13N. The van der Waals surface area contributed by atoms with E-state index in [0.29, 0.717) is 0 Å². The maximum atomic E-state index is 2.16. The minimum atomic E-state index is 1.10. The summed E-state index contributed by atoms with van der Waals surface area (Å²) in [5.41, 5.74) is 1.27. The average Bonchev–Trinajstić information content (AvgIpc) is 2.31. The molecule has 0 saturated heterocycles. The van der Waals surface area contributed by atoms with E-state index in [1.54, 1.807) is 0 Å². The summed E-state index contributed by atoms with van der Waals surface area (Å²) in [5, 5.41) is 0.